The third-order valence-corrected chi connectivity index (χ3v) is 5.11. The molecular formula is C19H29N2O3+. The Hall–Kier alpha value is -1.88. The van der Waals surface area contributed by atoms with E-state index >= 15 is 0 Å². The highest BCUT2D eigenvalue weighted by Crippen LogP contribution is 2.23. The second-order valence-electron chi connectivity index (χ2n) is 6.71. The first-order valence-electron chi connectivity index (χ1n) is 8.84. The molecule has 1 aromatic carbocycles. The molecule has 24 heavy (non-hydrogen) atoms. The van der Waals surface area contributed by atoms with E-state index in [9.17, 15) is 9.59 Å². The Kier molecular flexibility index (Phi) is 6.37. The number of para-hydroxylation sites is 1. The van der Waals surface area contributed by atoms with Crippen molar-refractivity contribution >= 4 is 17.6 Å². The van der Waals surface area contributed by atoms with Gasteiger partial charge in [-0.1, -0.05) is 12.1 Å². The molecule has 1 aliphatic heterocycles. The van der Waals surface area contributed by atoms with Crippen LogP contribution in [0.5, 0.6) is 0 Å². The fourth-order valence-electron chi connectivity index (χ4n) is 3.54. The molecule has 1 aromatic rings. The third kappa shape index (κ3) is 4.35. The van der Waals surface area contributed by atoms with Gasteiger partial charge in [-0.05, 0) is 51.2 Å². The topological polar surface area (TPSA) is 55.4 Å². The minimum Gasteiger partial charge on any atom is -0.465 e. The number of nitrogens with one attached hydrogen (secondary N) is 1. The molecule has 1 N–H and O–H groups in total. The van der Waals surface area contributed by atoms with Crippen LogP contribution in [0, 0.1) is 6.92 Å². The van der Waals surface area contributed by atoms with Crippen LogP contribution in [-0.2, 0) is 9.53 Å². The zero-order chi connectivity index (χ0) is 17.6. The van der Waals surface area contributed by atoms with Crippen molar-refractivity contribution in [3.63, 3.8) is 0 Å². The third-order valence-electron chi connectivity index (χ3n) is 5.11. The van der Waals surface area contributed by atoms with E-state index in [2.05, 4.69) is 12.2 Å². The van der Waals surface area contributed by atoms with Gasteiger partial charge in [-0.25, -0.2) is 4.79 Å². The first-order valence-corrected chi connectivity index (χ1v) is 8.84. The second kappa shape index (κ2) is 8.29. The maximum Gasteiger partial charge on any atom is 0.339 e. The lowest BCUT2D eigenvalue weighted by molar-refractivity contribution is -0.918. The molecule has 1 saturated heterocycles. The number of quaternary nitrogens is 1. The summed E-state index contributed by atoms with van der Waals surface area (Å²) in [6, 6.07) is 5.37. The van der Waals surface area contributed by atoms with Gasteiger partial charge in [0.1, 0.15) is 0 Å². The van der Waals surface area contributed by atoms with E-state index < -0.39 is 5.97 Å². The Morgan fingerprint density at radius 2 is 1.83 bits per heavy atom. The van der Waals surface area contributed by atoms with E-state index in [0.29, 0.717) is 17.8 Å². The average Bonchev–Trinajstić information content (AvgIpc) is 2.82. The van der Waals surface area contributed by atoms with Crippen molar-refractivity contribution in [2.24, 2.45) is 0 Å². The van der Waals surface area contributed by atoms with Gasteiger partial charge in [0, 0.05) is 0 Å². The number of hydrogen-bond acceptors (Lipinski definition) is 3. The molecule has 5 nitrogen and oxygen atoms in total. The summed E-state index contributed by atoms with van der Waals surface area (Å²) in [6.07, 6.45) is 4.87. The number of nitrogens with zero attached hydrogens (tertiary/aromatic N) is 1. The number of methoxy groups -OCH3 is 1. The summed E-state index contributed by atoms with van der Waals surface area (Å²) in [5.74, 6) is -0.457. The molecule has 0 saturated carbocycles. The van der Waals surface area contributed by atoms with Gasteiger partial charge in [-0.15, -0.1) is 0 Å². The normalized spacial score (nSPS) is 17.0. The summed E-state index contributed by atoms with van der Waals surface area (Å²) in [5.41, 5.74) is 1.84. The van der Waals surface area contributed by atoms with Gasteiger partial charge in [0.25, 0.3) is 5.91 Å². The van der Waals surface area contributed by atoms with Crippen LogP contribution in [0.1, 0.15) is 48.5 Å². The van der Waals surface area contributed by atoms with Crippen LogP contribution < -0.4 is 5.32 Å². The number of likely N-dealkylation sites (N-methyl/N-ethyl adjacent to an activating group) is 1. The zero-order valence-corrected chi connectivity index (χ0v) is 15.1. The van der Waals surface area contributed by atoms with Gasteiger partial charge >= 0.3 is 5.97 Å². The van der Waals surface area contributed by atoms with Crippen molar-refractivity contribution in [3.05, 3.63) is 29.3 Å². The number of ether oxygens (including phenoxy) is 1. The van der Waals surface area contributed by atoms with Crippen LogP contribution in [0.25, 0.3) is 0 Å². The number of benzene rings is 1. The number of likely N-dealkylation sites (tertiary alicyclic amines) is 1. The molecule has 2 rings (SSSR count). The number of carbonyl (C=O) groups is 2. The lowest BCUT2D eigenvalue weighted by Gasteiger charge is -2.36. The average molecular weight is 333 g/mol. The van der Waals surface area contributed by atoms with Gasteiger partial charge in [-0.2, -0.15) is 0 Å². The van der Waals surface area contributed by atoms with E-state index in [1.54, 1.807) is 12.1 Å². The molecule has 1 heterocycles. The van der Waals surface area contributed by atoms with Gasteiger partial charge in [0.05, 0.1) is 38.0 Å². The molecule has 0 atom stereocenters. The molecular weight excluding hydrogens is 304 g/mol. The van der Waals surface area contributed by atoms with Crippen LogP contribution in [0.3, 0.4) is 0 Å². The fourth-order valence-corrected chi connectivity index (χ4v) is 3.54. The minimum atomic E-state index is -0.428. The number of anilines is 1. The second-order valence-corrected chi connectivity index (χ2v) is 6.71. The molecule has 0 aromatic heterocycles. The van der Waals surface area contributed by atoms with E-state index in [1.807, 2.05) is 13.0 Å². The molecule has 0 bridgehead atoms. The Balaban J connectivity index is 2.16. The van der Waals surface area contributed by atoms with E-state index in [1.165, 1.54) is 32.8 Å². The molecule has 0 spiro atoms. The maximum absolute atomic E-state index is 12.7. The standard InChI is InChI=1S/C19H28N2O3/c1-4-21(12-7-5-6-8-13-21)14-17(22)20-18-15(2)10-9-11-16(18)19(23)24-3/h9-11H,4-8,12-14H2,1-3H3/p+1. The van der Waals surface area contributed by atoms with Gasteiger partial charge < -0.3 is 14.5 Å². The number of carbonyl (C=O) groups excluding carboxylic acids is 2. The van der Waals surface area contributed by atoms with E-state index in [4.69, 9.17) is 4.74 Å². The molecule has 1 fully saturated rings. The highest BCUT2D eigenvalue weighted by Gasteiger charge is 2.30. The summed E-state index contributed by atoms with van der Waals surface area (Å²) in [7, 11) is 1.35. The van der Waals surface area contributed by atoms with Crippen molar-refractivity contribution in [1.29, 1.82) is 0 Å². The Morgan fingerprint density at radius 3 is 2.42 bits per heavy atom. The maximum atomic E-state index is 12.7. The highest BCUT2D eigenvalue weighted by atomic mass is 16.5. The summed E-state index contributed by atoms with van der Waals surface area (Å²) in [4.78, 5) is 24.6. The molecule has 1 amide bonds. The Labute approximate surface area is 144 Å². The highest BCUT2D eigenvalue weighted by molar-refractivity contribution is 6.02. The molecule has 0 radical (unpaired) electrons. The predicted molar refractivity (Wildman–Crippen MR) is 95.0 cm³/mol. The van der Waals surface area contributed by atoms with Crippen LogP contribution in [0.15, 0.2) is 18.2 Å². The number of aryl methyl sites for hydroxylation is 1. The van der Waals surface area contributed by atoms with Gasteiger partial charge in [-0.3, -0.25) is 4.79 Å². The summed E-state index contributed by atoms with van der Waals surface area (Å²) >= 11 is 0. The molecule has 0 aliphatic carbocycles. The largest absolute Gasteiger partial charge is 0.465 e. The van der Waals surface area contributed by atoms with Crippen molar-refractivity contribution in [2.75, 3.05) is 38.6 Å². The van der Waals surface area contributed by atoms with Crippen LogP contribution >= 0.6 is 0 Å². The van der Waals surface area contributed by atoms with Crippen LogP contribution in [-0.4, -0.2) is 49.6 Å². The molecule has 132 valence electrons. The SMILES string of the molecule is CC[N+]1(CC(=O)Nc2c(C)cccc2C(=O)OC)CCCCCC1. The van der Waals surface area contributed by atoms with Crippen LogP contribution in [0.4, 0.5) is 5.69 Å². The predicted octanol–water partition coefficient (Wildman–Crippen LogP) is 3.13. The number of esters is 1. The Morgan fingerprint density at radius 1 is 1.17 bits per heavy atom. The monoisotopic (exact) mass is 333 g/mol. The quantitative estimate of drug-likeness (QED) is 0.665. The van der Waals surface area contributed by atoms with E-state index in [0.717, 1.165) is 29.7 Å². The first-order chi connectivity index (χ1) is 11.5. The smallest absolute Gasteiger partial charge is 0.339 e. The summed E-state index contributed by atoms with van der Waals surface area (Å²) in [5, 5.41) is 2.97. The van der Waals surface area contributed by atoms with Crippen molar-refractivity contribution in [2.45, 2.75) is 39.5 Å². The van der Waals surface area contributed by atoms with Gasteiger partial charge in [0.15, 0.2) is 6.54 Å². The molecule has 0 unspecified atom stereocenters. The van der Waals surface area contributed by atoms with Crippen molar-refractivity contribution in [3.8, 4) is 0 Å². The lowest BCUT2D eigenvalue weighted by Crippen LogP contribution is -2.52. The fraction of sp³-hybridized carbons (Fsp3) is 0.579. The van der Waals surface area contributed by atoms with Crippen molar-refractivity contribution in [1.82, 2.24) is 0 Å². The minimum absolute atomic E-state index is 0.0294. The summed E-state index contributed by atoms with van der Waals surface area (Å²) in [6.45, 7) is 7.59. The lowest BCUT2D eigenvalue weighted by atomic mass is 10.1. The number of hydrogen-bond donors (Lipinski definition) is 1. The zero-order valence-electron chi connectivity index (χ0n) is 15.1. The van der Waals surface area contributed by atoms with Crippen LogP contribution in [0.2, 0.25) is 0 Å². The van der Waals surface area contributed by atoms with Gasteiger partial charge in [0.2, 0.25) is 0 Å². The van der Waals surface area contributed by atoms with Crippen molar-refractivity contribution < 1.29 is 18.8 Å². The van der Waals surface area contributed by atoms with E-state index in [-0.39, 0.29) is 5.91 Å². The molecule has 5 heteroatoms. The number of amides is 1. The number of rotatable bonds is 5. The first kappa shape index (κ1) is 18.5. The molecule has 1 aliphatic rings. The summed E-state index contributed by atoms with van der Waals surface area (Å²) < 4.78 is 5.67. The Bertz CT molecular complexity index is 590.